The predicted molar refractivity (Wildman–Crippen MR) is 40.6 cm³/mol. The van der Waals surface area contributed by atoms with E-state index in [1.807, 2.05) is 0 Å². The maximum atomic E-state index is 8.73. The second-order valence-electron chi connectivity index (χ2n) is 1.67. The minimum absolute atomic E-state index is 0.0394. The first kappa shape index (κ1) is 9.04. The summed E-state index contributed by atoms with van der Waals surface area (Å²) in [4.78, 5) is 0. The van der Waals surface area contributed by atoms with Gasteiger partial charge in [-0.05, 0) is 10.3 Å². The van der Waals surface area contributed by atoms with E-state index in [2.05, 4.69) is 19.5 Å². The van der Waals surface area contributed by atoms with Gasteiger partial charge in [-0.2, -0.15) is 4.51 Å². The van der Waals surface area contributed by atoms with Gasteiger partial charge in [0.15, 0.2) is 11.5 Å². The quantitative estimate of drug-likeness (QED) is 0.302. The van der Waals surface area contributed by atoms with Crippen molar-refractivity contribution in [3.63, 3.8) is 0 Å². The molecule has 0 fully saturated rings. The van der Waals surface area contributed by atoms with Gasteiger partial charge in [-0.15, -0.1) is 4.58 Å². The van der Waals surface area contributed by atoms with Crippen molar-refractivity contribution in [1.82, 2.24) is 14.9 Å². The van der Waals surface area contributed by atoms with Crippen LogP contribution in [-0.2, 0) is 0 Å². The molecule has 0 amide bonds. The number of anilines is 1. The fourth-order valence-electron chi connectivity index (χ4n) is 0.509. The number of rotatable bonds is 1. The van der Waals surface area contributed by atoms with Gasteiger partial charge in [0.1, 0.15) is 0 Å². The summed E-state index contributed by atoms with van der Waals surface area (Å²) in [5.74, 6) is -0.341. The monoisotopic (exact) mass is 211 g/mol. The molecule has 0 aliphatic carbocycles. The van der Waals surface area contributed by atoms with Crippen LogP contribution >= 0.6 is 23.6 Å². The predicted octanol–water partition coefficient (Wildman–Crippen LogP) is 0.397. The van der Waals surface area contributed by atoms with Crippen molar-refractivity contribution in [2.75, 3.05) is 5.73 Å². The van der Waals surface area contributed by atoms with Crippen LogP contribution in [0.3, 0.4) is 0 Å². The largest absolute Gasteiger partial charge is 0.379 e. The van der Waals surface area contributed by atoms with Crippen molar-refractivity contribution in [2.24, 2.45) is 4.51 Å². The number of amidine groups is 1. The molecule has 3 N–H and O–H groups in total. The van der Waals surface area contributed by atoms with Gasteiger partial charge in [0.2, 0.25) is 5.84 Å². The Morgan fingerprint density at radius 1 is 1.67 bits per heavy atom. The Balaban J connectivity index is 3.04. The van der Waals surface area contributed by atoms with Crippen LogP contribution in [0.1, 0.15) is 5.69 Å². The highest BCUT2D eigenvalue weighted by Crippen LogP contribution is 2.10. The van der Waals surface area contributed by atoms with Crippen LogP contribution in [0.25, 0.3) is 0 Å². The molecular weight excluding hydrogens is 209 g/mol. The number of hydrogen-bond acceptors (Lipinski definition) is 6. The van der Waals surface area contributed by atoms with Crippen LogP contribution in [0, 0.1) is 0 Å². The third kappa shape index (κ3) is 1.58. The van der Waals surface area contributed by atoms with Gasteiger partial charge >= 0.3 is 0 Å². The molecule has 0 spiro atoms. The second-order valence-corrected chi connectivity index (χ2v) is 2.16. The molecule has 7 nitrogen and oxygen atoms in total. The molecule has 0 radical (unpaired) electrons. The Hall–Kier alpha value is -1.05. The number of hydrogen-bond donors (Lipinski definition) is 2. The first-order valence-electron chi connectivity index (χ1n) is 2.59. The summed E-state index contributed by atoms with van der Waals surface area (Å²) in [7, 11) is 0. The number of halogens is 2. The lowest BCUT2D eigenvalue weighted by molar-refractivity contribution is 0.0840. The Morgan fingerprint density at radius 3 is 2.67 bits per heavy atom. The van der Waals surface area contributed by atoms with Crippen LogP contribution in [-0.4, -0.2) is 25.9 Å². The number of nitrogens with zero attached hydrogens (tertiary/aromatic N) is 4. The van der Waals surface area contributed by atoms with E-state index in [0.29, 0.717) is 0 Å². The van der Waals surface area contributed by atoms with Gasteiger partial charge in [-0.25, -0.2) is 4.63 Å². The minimum Gasteiger partial charge on any atom is -0.379 e. The molecule has 0 aliphatic rings. The average Bonchev–Trinajstić information content (AvgIpc) is 2.38. The zero-order valence-corrected chi connectivity index (χ0v) is 6.99. The van der Waals surface area contributed by atoms with Crippen molar-refractivity contribution in [2.45, 2.75) is 0 Å². The first-order chi connectivity index (χ1) is 5.66. The zero-order chi connectivity index (χ0) is 9.14. The Labute approximate surface area is 76.5 Å². The Morgan fingerprint density at radius 2 is 2.33 bits per heavy atom. The highest BCUT2D eigenvalue weighted by molar-refractivity contribution is 6.29. The van der Waals surface area contributed by atoms with Crippen molar-refractivity contribution in [3.05, 3.63) is 5.69 Å². The van der Waals surface area contributed by atoms with Crippen LogP contribution in [0.15, 0.2) is 9.14 Å². The zero-order valence-electron chi connectivity index (χ0n) is 5.48. The lowest BCUT2D eigenvalue weighted by Crippen LogP contribution is -2.19. The molecule has 0 aliphatic heterocycles. The van der Waals surface area contributed by atoms with Gasteiger partial charge in [0, 0.05) is 23.6 Å². The molecule has 66 valence electrons. The van der Waals surface area contributed by atoms with E-state index in [1.165, 1.54) is 0 Å². The summed E-state index contributed by atoms with van der Waals surface area (Å²) in [5, 5.41) is 15.2. The molecule has 0 saturated carbocycles. The first-order valence-corrected chi connectivity index (χ1v) is 3.26. The molecule has 1 aromatic heterocycles. The normalized spacial score (nSPS) is 11.8. The molecule has 0 unspecified atom stereocenters. The van der Waals surface area contributed by atoms with E-state index in [0.717, 1.165) is 0 Å². The number of hydroxylamine groups is 1. The third-order valence-corrected chi connectivity index (χ3v) is 1.30. The summed E-state index contributed by atoms with van der Waals surface area (Å²) in [5.41, 5.74) is 5.21. The smallest absolute Gasteiger partial charge is 0.218 e. The summed E-state index contributed by atoms with van der Waals surface area (Å²) >= 11 is 10.2. The van der Waals surface area contributed by atoms with E-state index in [1.54, 1.807) is 0 Å². The van der Waals surface area contributed by atoms with E-state index in [4.69, 9.17) is 34.5 Å². The van der Waals surface area contributed by atoms with E-state index in [9.17, 15) is 0 Å². The summed E-state index contributed by atoms with van der Waals surface area (Å²) in [6.45, 7) is 0. The topological polar surface area (TPSA) is 101 Å². The van der Waals surface area contributed by atoms with Crippen LogP contribution < -0.4 is 5.73 Å². The average molecular weight is 212 g/mol. The van der Waals surface area contributed by atoms with Gasteiger partial charge in [0.25, 0.3) is 0 Å². The van der Waals surface area contributed by atoms with E-state index in [-0.39, 0.29) is 21.9 Å². The van der Waals surface area contributed by atoms with Crippen molar-refractivity contribution in [3.8, 4) is 0 Å². The minimum atomic E-state index is -0.267. The van der Waals surface area contributed by atoms with Crippen molar-refractivity contribution in [1.29, 1.82) is 0 Å². The summed E-state index contributed by atoms with van der Waals surface area (Å²) < 4.78 is 7.43. The highest BCUT2D eigenvalue weighted by atomic mass is 35.5. The van der Waals surface area contributed by atoms with Crippen LogP contribution in [0.4, 0.5) is 5.82 Å². The molecular formula is C3H3Cl2N5O2. The molecule has 1 rings (SSSR count). The standard InChI is InChI=1S/C3H3Cl2N5O2/c4-7-3(10(5)11)1-2(6)9-12-8-1/h11H,(H2,6,9). The molecule has 9 heteroatoms. The Bertz CT molecular complexity index is 297. The second kappa shape index (κ2) is 3.57. The van der Waals surface area contributed by atoms with Crippen molar-refractivity contribution < 1.29 is 9.84 Å². The molecule has 1 heterocycles. The SMILES string of the molecule is Nc1nonc1C(=NCl)N(O)Cl. The number of nitrogens with two attached hydrogens (primary N) is 1. The molecule has 12 heavy (non-hydrogen) atoms. The summed E-state index contributed by atoms with van der Waals surface area (Å²) in [6.07, 6.45) is 0. The van der Waals surface area contributed by atoms with Gasteiger partial charge in [0.05, 0.1) is 0 Å². The maximum Gasteiger partial charge on any atom is 0.218 e. The van der Waals surface area contributed by atoms with Gasteiger partial charge in [-0.3, -0.25) is 5.21 Å². The maximum absolute atomic E-state index is 8.73. The van der Waals surface area contributed by atoms with E-state index < -0.39 is 0 Å². The molecule has 0 bridgehead atoms. The molecule has 0 aromatic carbocycles. The third-order valence-electron chi connectivity index (χ3n) is 0.981. The molecule has 0 atom stereocenters. The fraction of sp³-hybridized carbons (Fsp3) is 0. The van der Waals surface area contributed by atoms with Crippen molar-refractivity contribution >= 4 is 35.2 Å². The summed E-state index contributed by atoms with van der Waals surface area (Å²) in [6, 6.07) is 0. The lowest BCUT2D eigenvalue weighted by atomic mass is 10.4. The highest BCUT2D eigenvalue weighted by Gasteiger charge is 2.18. The van der Waals surface area contributed by atoms with E-state index >= 15 is 0 Å². The van der Waals surface area contributed by atoms with Crippen LogP contribution in [0.5, 0.6) is 0 Å². The van der Waals surface area contributed by atoms with Gasteiger partial charge in [-0.1, -0.05) is 0 Å². The number of nitrogen functional groups attached to an aromatic ring is 1. The van der Waals surface area contributed by atoms with Crippen LogP contribution in [0.2, 0.25) is 0 Å². The number of aromatic nitrogens is 2. The Kier molecular flexibility index (Phi) is 2.69. The molecule has 1 aromatic rings. The van der Waals surface area contributed by atoms with Gasteiger partial charge < -0.3 is 5.73 Å². The molecule has 0 saturated heterocycles. The fourth-order valence-corrected chi connectivity index (χ4v) is 0.817. The lowest BCUT2D eigenvalue weighted by Gasteiger charge is -2.04.